The van der Waals surface area contributed by atoms with Gasteiger partial charge in [-0.3, -0.25) is 0 Å². The van der Waals surface area contributed by atoms with Crippen molar-refractivity contribution in [3.63, 3.8) is 0 Å². The lowest BCUT2D eigenvalue weighted by atomic mass is 10.1. The lowest BCUT2D eigenvalue weighted by Gasteiger charge is -2.15. The zero-order valence-electron chi connectivity index (χ0n) is 11.3. The lowest BCUT2D eigenvalue weighted by molar-refractivity contribution is 0.356. The fourth-order valence-corrected chi connectivity index (χ4v) is 2.41. The number of halogens is 1. The first-order chi connectivity index (χ1) is 10.0. The van der Waals surface area contributed by atoms with E-state index in [1.165, 1.54) is 14.2 Å². The maximum atomic E-state index is 9.29. The number of nitriles is 1. The Kier molecular flexibility index (Phi) is 4.14. The second-order valence-corrected chi connectivity index (χ2v) is 4.81. The van der Waals surface area contributed by atoms with E-state index in [9.17, 15) is 5.26 Å². The van der Waals surface area contributed by atoms with Crippen molar-refractivity contribution < 1.29 is 9.47 Å². The van der Waals surface area contributed by atoms with Crippen LogP contribution < -0.4 is 20.9 Å². The van der Waals surface area contributed by atoms with E-state index in [4.69, 9.17) is 20.9 Å². The minimum atomic E-state index is -0.0294. The molecule has 1 heterocycles. The molecule has 2 rings (SSSR count). The smallest absolute Gasteiger partial charge is 0.222 e. The Morgan fingerprint density at radius 3 is 2.48 bits per heavy atom. The Morgan fingerprint density at radius 2 is 1.90 bits per heavy atom. The number of rotatable bonds is 3. The minimum absolute atomic E-state index is 0.0109. The molecule has 0 amide bonds. The van der Waals surface area contributed by atoms with E-state index in [2.05, 4.69) is 25.9 Å². The third-order valence-corrected chi connectivity index (χ3v) is 3.46. The summed E-state index contributed by atoms with van der Waals surface area (Å²) in [6.07, 6.45) is 0. The largest absolute Gasteiger partial charge is 0.493 e. The van der Waals surface area contributed by atoms with E-state index in [-0.39, 0.29) is 23.0 Å². The van der Waals surface area contributed by atoms with Gasteiger partial charge in [0.1, 0.15) is 23.1 Å². The molecule has 0 atom stereocenters. The van der Waals surface area contributed by atoms with Gasteiger partial charge in [0.05, 0.1) is 19.8 Å². The molecule has 0 aliphatic heterocycles. The predicted octanol–water partition coefficient (Wildman–Crippen LogP) is 1.96. The Bertz CT molecular complexity index is 742. The molecule has 2 aromatic rings. The van der Waals surface area contributed by atoms with Gasteiger partial charge in [0, 0.05) is 4.47 Å². The van der Waals surface area contributed by atoms with Crippen LogP contribution in [0.2, 0.25) is 0 Å². The van der Waals surface area contributed by atoms with Gasteiger partial charge in [-0.2, -0.15) is 10.2 Å². The molecule has 1 aromatic carbocycles. The van der Waals surface area contributed by atoms with Crippen molar-refractivity contribution in [2.24, 2.45) is 0 Å². The van der Waals surface area contributed by atoms with Crippen LogP contribution in [0.5, 0.6) is 11.5 Å². The first-order valence-corrected chi connectivity index (χ1v) is 6.56. The van der Waals surface area contributed by atoms with Gasteiger partial charge in [0.25, 0.3) is 0 Å². The second kappa shape index (κ2) is 5.85. The van der Waals surface area contributed by atoms with E-state index in [0.29, 0.717) is 21.5 Å². The third-order valence-electron chi connectivity index (χ3n) is 2.80. The van der Waals surface area contributed by atoms with Crippen LogP contribution in [0.25, 0.3) is 11.3 Å². The number of hydrogen-bond acceptors (Lipinski definition) is 7. The highest BCUT2D eigenvalue weighted by Gasteiger charge is 2.22. The molecule has 8 heteroatoms. The molecule has 0 saturated carbocycles. The summed E-state index contributed by atoms with van der Waals surface area (Å²) in [5, 5.41) is 9.29. The molecule has 108 valence electrons. The summed E-state index contributed by atoms with van der Waals surface area (Å²) in [4.78, 5) is 7.91. The number of anilines is 2. The van der Waals surface area contributed by atoms with Crippen LogP contribution in [-0.2, 0) is 0 Å². The molecular formula is C13H12BrN5O2. The van der Waals surface area contributed by atoms with Crippen LogP contribution in [-0.4, -0.2) is 24.2 Å². The van der Waals surface area contributed by atoms with Crippen molar-refractivity contribution >= 4 is 27.7 Å². The molecular weight excluding hydrogens is 338 g/mol. The molecule has 0 saturated heterocycles. The first kappa shape index (κ1) is 14.9. The molecule has 1 aromatic heterocycles. The summed E-state index contributed by atoms with van der Waals surface area (Å²) < 4.78 is 11.3. The first-order valence-electron chi connectivity index (χ1n) is 5.77. The average molecular weight is 350 g/mol. The maximum Gasteiger partial charge on any atom is 0.222 e. The van der Waals surface area contributed by atoms with Crippen LogP contribution in [0.3, 0.4) is 0 Å². The van der Waals surface area contributed by atoms with E-state index in [0.717, 1.165) is 0 Å². The second-order valence-electron chi connectivity index (χ2n) is 3.96. The summed E-state index contributed by atoms with van der Waals surface area (Å²) in [7, 11) is 3.01. The number of nitrogens with two attached hydrogens (primary N) is 2. The van der Waals surface area contributed by atoms with Gasteiger partial charge in [-0.25, -0.2) is 4.98 Å². The molecule has 21 heavy (non-hydrogen) atoms. The monoisotopic (exact) mass is 349 g/mol. The van der Waals surface area contributed by atoms with E-state index < -0.39 is 0 Å². The van der Waals surface area contributed by atoms with Crippen LogP contribution >= 0.6 is 15.9 Å². The molecule has 0 fully saturated rings. The number of aromatic nitrogens is 2. The molecule has 0 radical (unpaired) electrons. The van der Waals surface area contributed by atoms with Gasteiger partial charge in [-0.1, -0.05) is 0 Å². The van der Waals surface area contributed by atoms with E-state index >= 15 is 0 Å². The highest BCUT2D eigenvalue weighted by molar-refractivity contribution is 9.10. The Balaban J connectivity index is 2.88. The highest BCUT2D eigenvalue weighted by atomic mass is 79.9. The van der Waals surface area contributed by atoms with Crippen LogP contribution in [0.1, 0.15) is 5.56 Å². The Morgan fingerprint density at radius 1 is 1.19 bits per heavy atom. The van der Waals surface area contributed by atoms with Crippen molar-refractivity contribution in [3.05, 3.63) is 22.2 Å². The number of benzene rings is 1. The molecule has 0 spiro atoms. The average Bonchev–Trinajstić information content (AvgIpc) is 2.46. The molecule has 0 unspecified atom stereocenters. The zero-order chi connectivity index (χ0) is 15.6. The van der Waals surface area contributed by atoms with Crippen molar-refractivity contribution in [2.75, 3.05) is 25.7 Å². The zero-order valence-corrected chi connectivity index (χ0v) is 12.9. The van der Waals surface area contributed by atoms with Crippen LogP contribution in [0.4, 0.5) is 11.8 Å². The van der Waals surface area contributed by atoms with Crippen LogP contribution in [0.15, 0.2) is 16.6 Å². The molecule has 0 aliphatic carbocycles. The summed E-state index contributed by atoms with van der Waals surface area (Å²) in [5.74, 6) is 0.895. The molecule has 0 aliphatic rings. The molecule has 0 bridgehead atoms. The maximum absolute atomic E-state index is 9.29. The van der Waals surface area contributed by atoms with Gasteiger partial charge in [-0.05, 0) is 28.1 Å². The van der Waals surface area contributed by atoms with Gasteiger partial charge < -0.3 is 20.9 Å². The Labute approximate surface area is 129 Å². The summed E-state index contributed by atoms with van der Waals surface area (Å²) in [6.45, 7) is 0. The third kappa shape index (κ3) is 2.55. The summed E-state index contributed by atoms with van der Waals surface area (Å²) >= 11 is 3.41. The van der Waals surface area contributed by atoms with Crippen molar-refractivity contribution in [3.8, 4) is 28.8 Å². The number of nitrogens with zero attached hydrogens (tertiary/aromatic N) is 3. The normalized spacial score (nSPS) is 10.0. The lowest BCUT2D eigenvalue weighted by Crippen LogP contribution is -2.06. The fraction of sp³-hybridized carbons (Fsp3) is 0.154. The predicted molar refractivity (Wildman–Crippen MR) is 81.8 cm³/mol. The quantitative estimate of drug-likeness (QED) is 0.868. The number of hydrogen-bond donors (Lipinski definition) is 2. The van der Waals surface area contributed by atoms with Gasteiger partial charge in [0.2, 0.25) is 5.95 Å². The summed E-state index contributed by atoms with van der Waals surface area (Å²) in [6, 6.07) is 5.47. The number of methoxy groups -OCH3 is 2. The summed E-state index contributed by atoms with van der Waals surface area (Å²) in [5.41, 5.74) is 12.3. The number of nitrogen functional groups attached to an aromatic ring is 2. The van der Waals surface area contributed by atoms with E-state index in [1.807, 2.05) is 6.07 Å². The number of ether oxygens (including phenoxy) is 2. The van der Waals surface area contributed by atoms with Gasteiger partial charge in [-0.15, -0.1) is 0 Å². The Hall–Kier alpha value is -2.53. The van der Waals surface area contributed by atoms with Crippen molar-refractivity contribution in [1.29, 1.82) is 5.26 Å². The molecule has 7 nitrogen and oxygen atoms in total. The van der Waals surface area contributed by atoms with E-state index in [1.54, 1.807) is 12.1 Å². The van der Waals surface area contributed by atoms with Gasteiger partial charge >= 0.3 is 0 Å². The minimum Gasteiger partial charge on any atom is -0.493 e. The molecule has 4 N–H and O–H groups in total. The van der Waals surface area contributed by atoms with Crippen molar-refractivity contribution in [1.82, 2.24) is 9.97 Å². The fourth-order valence-electron chi connectivity index (χ4n) is 1.91. The highest BCUT2D eigenvalue weighted by Crippen LogP contribution is 2.43. The SMILES string of the molecule is COc1ccc(Br)c(-c2nc(N)nc(N)c2C#N)c1OC. The topological polar surface area (TPSA) is 120 Å². The van der Waals surface area contributed by atoms with Crippen LogP contribution in [0, 0.1) is 11.3 Å². The standard InChI is InChI=1S/C13H12BrN5O2/c1-20-8-4-3-7(14)9(11(8)21-2)10-6(5-15)12(16)19-13(17)18-10/h3-4H,1-2H3,(H4,16,17,18,19). The van der Waals surface area contributed by atoms with Crippen molar-refractivity contribution in [2.45, 2.75) is 0 Å². The van der Waals surface area contributed by atoms with Gasteiger partial charge in [0.15, 0.2) is 11.5 Å².